The molecule has 1 N–H and O–H groups in total. The summed E-state index contributed by atoms with van der Waals surface area (Å²) < 4.78 is 12.7. The molecule has 0 amide bonds. The van der Waals surface area contributed by atoms with Crippen LogP contribution in [0.4, 0.5) is 4.39 Å². The summed E-state index contributed by atoms with van der Waals surface area (Å²) in [7, 11) is 0. The summed E-state index contributed by atoms with van der Waals surface area (Å²) in [5, 5.41) is 3.47. The Balaban J connectivity index is 1.53. The summed E-state index contributed by atoms with van der Waals surface area (Å²) in [6.45, 7) is 8.02. The fourth-order valence-corrected chi connectivity index (χ4v) is 2.53. The van der Waals surface area contributed by atoms with Gasteiger partial charge in [0.05, 0.1) is 0 Å². The Morgan fingerprint density at radius 2 is 1.84 bits per heavy atom. The number of rotatable bonds is 6. The van der Waals surface area contributed by atoms with Crippen molar-refractivity contribution in [2.45, 2.75) is 26.2 Å². The Kier molecular flexibility index (Phi) is 5.80. The molecule has 0 radical (unpaired) electrons. The van der Waals surface area contributed by atoms with Gasteiger partial charge in [-0.2, -0.15) is 0 Å². The van der Waals surface area contributed by atoms with E-state index in [1.807, 2.05) is 12.1 Å². The molecule has 3 heteroatoms. The van der Waals surface area contributed by atoms with Crippen LogP contribution in [0.25, 0.3) is 0 Å². The number of nitrogens with zero attached hydrogens (tertiary/aromatic N) is 1. The first-order valence-corrected chi connectivity index (χ1v) is 7.41. The monoisotopic (exact) mass is 264 g/mol. The molecule has 0 unspecified atom stereocenters. The molecule has 1 saturated heterocycles. The Bertz CT molecular complexity index is 356. The minimum absolute atomic E-state index is 0.156. The first-order valence-electron chi connectivity index (χ1n) is 7.41. The van der Waals surface area contributed by atoms with Gasteiger partial charge in [-0.15, -0.1) is 0 Å². The van der Waals surface area contributed by atoms with Gasteiger partial charge in [0, 0.05) is 13.1 Å². The van der Waals surface area contributed by atoms with Crippen LogP contribution in [-0.2, 0) is 6.42 Å². The Morgan fingerprint density at radius 1 is 1.16 bits per heavy atom. The third-order valence-electron chi connectivity index (χ3n) is 3.98. The van der Waals surface area contributed by atoms with Gasteiger partial charge in [-0.3, -0.25) is 0 Å². The van der Waals surface area contributed by atoms with Gasteiger partial charge in [-0.1, -0.05) is 19.1 Å². The van der Waals surface area contributed by atoms with Crippen LogP contribution in [0.2, 0.25) is 0 Å². The minimum atomic E-state index is -0.156. The fourth-order valence-electron chi connectivity index (χ4n) is 2.53. The van der Waals surface area contributed by atoms with Crippen molar-refractivity contribution in [1.29, 1.82) is 0 Å². The van der Waals surface area contributed by atoms with E-state index >= 15 is 0 Å². The Labute approximate surface area is 116 Å². The maximum absolute atomic E-state index is 12.7. The number of piperidine rings is 1. The van der Waals surface area contributed by atoms with E-state index in [0.717, 1.165) is 32.0 Å². The highest BCUT2D eigenvalue weighted by molar-refractivity contribution is 5.16. The van der Waals surface area contributed by atoms with E-state index in [1.165, 1.54) is 43.6 Å². The van der Waals surface area contributed by atoms with Crippen molar-refractivity contribution in [3.8, 4) is 0 Å². The van der Waals surface area contributed by atoms with Crippen LogP contribution in [0.1, 0.15) is 25.3 Å². The zero-order chi connectivity index (χ0) is 13.5. The maximum Gasteiger partial charge on any atom is 0.123 e. The lowest BCUT2D eigenvalue weighted by molar-refractivity contribution is 0.193. The fraction of sp³-hybridized carbons (Fsp3) is 0.625. The van der Waals surface area contributed by atoms with Crippen molar-refractivity contribution < 1.29 is 4.39 Å². The maximum atomic E-state index is 12.7. The zero-order valence-corrected chi connectivity index (χ0v) is 11.9. The molecule has 0 aromatic heterocycles. The molecule has 1 aliphatic heterocycles. The summed E-state index contributed by atoms with van der Waals surface area (Å²) in [4.78, 5) is 2.55. The van der Waals surface area contributed by atoms with Gasteiger partial charge in [-0.25, -0.2) is 4.39 Å². The number of hydrogen-bond donors (Lipinski definition) is 1. The van der Waals surface area contributed by atoms with Gasteiger partial charge in [0.2, 0.25) is 0 Å². The summed E-state index contributed by atoms with van der Waals surface area (Å²) in [6, 6.07) is 6.79. The van der Waals surface area contributed by atoms with Crippen molar-refractivity contribution >= 4 is 0 Å². The summed E-state index contributed by atoms with van der Waals surface area (Å²) in [5.41, 5.74) is 1.20. The Hall–Kier alpha value is -0.930. The van der Waals surface area contributed by atoms with Crippen molar-refractivity contribution in [3.05, 3.63) is 35.6 Å². The number of halogens is 1. The van der Waals surface area contributed by atoms with E-state index in [9.17, 15) is 4.39 Å². The van der Waals surface area contributed by atoms with E-state index in [0.29, 0.717) is 0 Å². The molecule has 1 aromatic rings. The largest absolute Gasteiger partial charge is 0.315 e. The molecule has 19 heavy (non-hydrogen) atoms. The minimum Gasteiger partial charge on any atom is -0.315 e. The molecular formula is C16H25FN2. The topological polar surface area (TPSA) is 15.3 Å². The van der Waals surface area contributed by atoms with Crippen molar-refractivity contribution in [1.82, 2.24) is 10.2 Å². The van der Waals surface area contributed by atoms with E-state index in [4.69, 9.17) is 0 Å². The van der Waals surface area contributed by atoms with Crippen LogP contribution in [0.3, 0.4) is 0 Å². The highest BCUT2D eigenvalue weighted by Crippen LogP contribution is 2.15. The lowest BCUT2D eigenvalue weighted by atomic mass is 9.99. The molecule has 0 bridgehead atoms. The first-order chi connectivity index (χ1) is 9.24. The Morgan fingerprint density at radius 3 is 2.53 bits per heavy atom. The van der Waals surface area contributed by atoms with Gasteiger partial charge in [0.25, 0.3) is 0 Å². The standard InChI is InChI=1S/C16H25FN2/c1-14-7-11-19(12-8-14)13-10-18-9-6-15-2-4-16(17)5-3-15/h2-5,14,18H,6-13H2,1H3. The molecular weight excluding hydrogens is 239 g/mol. The molecule has 2 rings (SSSR count). The highest BCUT2D eigenvalue weighted by Gasteiger charge is 2.14. The van der Waals surface area contributed by atoms with Crippen LogP contribution in [0.15, 0.2) is 24.3 Å². The van der Waals surface area contributed by atoms with Gasteiger partial charge in [-0.05, 0) is 62.5 Å². The average molecular weight is 264 g/mol. The van der Waals surface area contributed by atoms with Gasteiger partial charge >= 0.3 is 0 Å². The summed E-state index contributed by atoms with van der Waals surface area (Å²) >= 11 is 0. The molecule has 1 heterocycles. The third-order valence-corrected chi connectivity index (χ3v) is 3.98. The van der Waals surface area contributed by atoms with Crippen LogP contribution < -0.4 is 5.32 Å². The lowest BCUT2D eigenvalue weighted by Gasteiger charge is -2.30. The van der Waals surface area contributed by atoms with Crippen molar-refractivity contribution in [2.24, 2.45) is 5.92 Å². The number of benzene rings is 1. The van der Waals surface area contributed by atoms with Crippen LogP contribution in [0.5, 0.6) is 0 Å². The van der Waals surface area contributed by atoms with Gasteiger partial charge in [0.15, 0.2) is 0 Å². The van der Waals surface area contributed by atoms with Gasteiger partial charge in [0.1, 0.15) is 5.82 Å². The second-order valence-corrected chi connectivity index (χ2v) is 5.65. The van der Waals surface area contributed by atoms with E-state index in [1.54, 1.807) is 0 Å². The zero-order valence-electron chi connectivity index (χ0n) is 11.9. The normalized spacial score (nSPS) is 17.8. The van der Waals surface area contributed by atoms with Crippen molar-refractivity contribution in [3.63, 3.8) is 0 Å². The number of hydrogen-bond acceptors (Lipinski definition) is 2. The molecule has 0 atom stereocenters. The van der Waals surface area contributed by atoms with Gasteiger partial charge < -0.3 is 10.2 Å². The van der Waals surface area contributed by atoms with Crippen LogP contribution in [0, 0.1) is 11.7 Å². The predicted octanol–water partition coefficient (Wildman–Crippen LogP) is 2.69. The molecule has 2 nitrogen and oxygen atoms in total. The SMILES string of the molecule is CC1CCN(CCNCCc2ccc(F)cc2)CC1. The second kappa shape index (κ2) is 7.61. The average Bonchev–Trinajstić information content (AvgIpc) is 2.43. The molecule has 0 saturated carbocycles. The first kappa shape index (κ1) is 14.5. The molecule has 0 aliphatic carbocycles. The van der Waals surface area contributed by atoms with Crippen LogP contribution in [-0.4, -0.2) is 37.6 Å². The molecule has 1 aromatic carbocycles. The number of nitrogens with one attached hydrogen (secondary N) is 1. The third kappa shape index (κ3) is 5.29. The molecule has 106 valence electrons. The van der Waals surface area contributed by atoms with E-state index in [-0.39, 0.29) is 5.82 Å². The predicted molar refractivity (Wildman–Crippen MR) is 77.8 cm³/mol. The molecule has 1 aliphatic rings. The smallest absolute Gasteiger partial charge is 0.123 e. The second-order valence-electron chi connectivity index (χ2n) is 5.65. The summed E-state index contributed by atoms with van der Waals surface area (Å²) in [5.74, 6) is 0.749. The van der Waals surface area contributed by atoms with Crippen LogP contribution >= 0.6 is 0 Å². The lowest BCUT2D eigenvalue weighted by Crippen LogP contribution is -2.38. The molecule has 0 spiro atoms. The quantitative estimate of drug-likeness (QED) is 0.795. The van der Waals surface area contributed by atoms with E-state index in [2.05, 4.69) is 17.1 Å². The highest BCUT2D eigenvalue weighted by atomic mass is 19.1. The van der Waals surface area contributed by atoms with E-state index < -0.39 is 0 Å². The summed E-state index contributed by atoms with van der Waals surface area (Å²) in [6.07, 6.45) is 3.66. The van der Waals surface area contributed by atoms with Crippen molar-refractivity contribution in [2.75, 3.05) is 32.7 Å². The molecule has 1 fully saturated rings. The number of likely N-dealkylation sites (tertiary alicyclic amines) is 1.